The zero-order chi connectivity index (χ0) is 18.1. The third-order valence-electron chi connectivity index (χ3n) is 4.87. The van der Waals surface area contributed by atoms with Crippen molar-refractivity contribution in [1.29, 1.82) is 0 Å². The largest absolute Gasteiger partial charge is 0.423 e. The highest BCUT2D eigenvalue weighted by atomic mass is 35.5. The molecule has 0 spiro atoms. The normalized spacial score (nSPS) is 15.2. The van der Waals surface area contributed by atoms with E-state index in [4.69, 9.17) is 16.0 Å². The van der Waals surface area contributed by atoms with Crippen molar-refractivity contribution in [2.75, 3.05) is 0 Å². The molecule has 0 saturated heterocycles. The van der Waals surface area contributed by atoms with Crippen LogP contribution in [0, 0.1) is 0 Å². The number of thioether (sulfide) groups is 1. The first-order valence-corrected chi connectivity index (χ1v) is 10.2. The molecule has 4 rings (SSSR count). The molecule has 2 aromatic heterocycles. The molecule has 0 atom stereocenters. The highest BCUT2D eigenvalue weighted by molar-refractivity contribution is 7.98. The first kappa shape index (κ1) is 17.5. The molecule has 0 amide bonds. The Balaban J connectivity index is 1.64. The van der Waals surface area contributed by atoms with Crippen LogP contribution in [0.15, 0.2) is 32.6 Å². The molecule has 1 fully saturated rings. The van der Waals surface area contributed by atoms with Crippen LogP contribution in [-0.4, -0.2) is 20.2 Å². The van der Waals surface area contributed by atoms with Crippen molar-refractivity contribution in [1.82, 2.24) is 20.2 Å². The second kappa shape index (κ2) is 7.40. The van der Waals surface area contributed by atoms with Gasteiger partial charge in [0.1, 0.15) is 5.58 Å². The predicted octanol–water partition coefficient (Wildman–Crippen LogP) is 4.40. The van der Waals surface area contributed by atoms with E-state index in [1.165, 1.54) is 30.7 Å². The monoisotopic (exact) mass is 390 g/mol. The van der Waals surface area contributed by atoms with Crippen LogP contribution in [0.2, 0.25) is 5.02 Å². The summed E-state index contributed by atoms with van der Waals surface area (Å²) in [5.41, 5.74) is 2.07. The SMILES string of the molecule is CCc1cc2oc(=O)cc(CSc3nnnn3C3CCCC3)c2cc1Cl. The van der Waals surface area contributed by atoms with Crippen molar-refractivity contribution in [2.24, 2.45) is 0 Å². The highest BCUT2D eigenvalue weighted by Crippen LogP contribution is 2.33. The second-order valence-corrected chi connectivity index (χ2v) is 7.87. The molecule has 136 valence electrons. The third-order valence-corrected chi connectivity index (χ3v) is 6.20. The Bertz CT molecular complexity index is 995. The Morgan fingerprint density at radius 2 is 2.08 bits per heavy atom. The fourth-order valence-electron chi connectivity index (χ4n) is 3.48. The third kappa shape index (κ3) is 3.38. The standard InChI is InChI=1S/C18H19ClN4O2S/c1-2-11-7-16-14(9-15(11)19)12(8-17(24)25-16)10-26-18-20-21-22-23(18)13-5-3-4-6-13/h7-9,13H,2-6,10H2,1H3. The van der Waals surface area contributed by atoms with E-state index in [2.05, 4.69) is 15.5 Å². The molecule has 1 aliphatic carbocycles. The Kier molecular flexibility index (Phi) is 5.00. The van der Waals surface area contributed by atoms with Gasteiger partial charge in [0.25, 0.3) is 0 Å². The molecule has 0 unspecified atom stereocenters. The van der Waals surface area contributed by atoms with Gasteiger partial charge in [-0.1, -0.05) is 43.1 Å². The van der Waals surface area contributed by atoms with Gasteiger partial charge >= 0.3 is 5.63 Å². The average molecular weight is 391 g/mol. The summed E-state index contributed by atoms with van der Waals surface area (Å²) in [6.07, 6.45) is 5.46. The molecular weight excluding hydrogens is 372 g/mol. The average Bonchev–Trinajstić information content (AvgIpc) is 3.30. The van der Waals surface area contributed by atoms with E-state index in [0.29, 0.717) is 22.4 Å². The number of hydrogen-bond donors (Lipinski definition) is 0. The molecule has 1 aromatic carbocycles. The lowest BCUT2D eigenvalue weighted by atomic mass is 10.1. The summed E-state index contributed by atoms with van der Waals surface area (Å²) in [7, 11) is 0. The summed E-state index contributed by atoms with van der Waals surface area (Å²) in [5.74, 6) is 0.580. The Morgan fingerprint density at radius 1 is 1.27 bits per heavy atom. The quantitative estimate of drug-likeness (QED) is 0.474. The van der Waals surface area contributed by atoms with Gasteiger partial charge in [0.05, 0.1) is 6.04 Å². The zero-order valence-corrected chi connectivity index (χ0v) is 16.0. The number of benzene rings is 1. The van der Waals surface area contributed by atoms with Gasteiger partial charge in [-0.2, -0.15) is 0 Å². The van der Waals surface area contributed by atoms with Gasteiger partial charge in [-0.05, 0) is 52.9 Å². The van der Waals surface area contributed by atoms with Crippen LogP contribution in [0.1, 0.15) is 49.8 Å². The summed E-state index contributed by atoms with van der Waals surface area (Å²) >= 11 is 7.90. The molecule has 26 heavy (non-hydrogen) atoms. The number of tetrazole rings is 1. The Morgan fingerprint density at radius 3 is 2.85 bits per heavy atom. The zero-order valence-electron chi connectivity index (χ0n) is 14.4. The molecule has 8 heteroatoms. The van der Waals surface area contributed by atoms with Crippen molar-refractivity contribution in [3.63, 3.8) is 0 Å². The maximum absolute atomic E-state index is 12.0. The Hall–Kier alpha value is -1.86. The van der Waals surface area contributed by atoms with Gasteiger partial charge < -0.3 is 4.42 Å². The molecule has 3 aromatic rings. The van der Waals surface area contributed by atoms with Gasteiger partial charge in [-0.3, -0.25) is 0 Å². The minimum Gasteiger partial charge on any atom is -0.423 e. The topological polar surface area (TPSA) is 73.8 Å². The summed E-state index contributed by atoms with van der Waals surface area (Å²) in [6, 6.07) is 5.65. The molecule has 2 heterocycles. The molecule has 1 saturated carbocycles. The Labute approximate surface area is 159 Å². The van der Waals surface area contributed by atoms with Crippen LogP contribution in [0.5, 0.6) is 0 Å². The number of rotatable bonds is 5. The number of hydrogen-bond acceptors (Lipinski definition) is 6. The minimum absolute atomic E-state index is 0.354. The molecule has 0 N–H and O–H groups in total. The molecule has 0 bridgehead atoms. The van der Waals surface area contributed by atoms with E-state index < -0.39 is 0 Å². The molecular formula is C18H19ClN4O2S. The van der Waals surface area contributed by atoms with E-state index in [1.807, 2.05) is 23.7 Å². The summed E-state index contributed by atoms with van der Waals surface area (Å²) in [6.45, 7) is 2.02. The summed E-state index contributed by atoms with van der Waals surface area (Å²) in [4.78, 5) is 12.0. The molecule has 1 aliphatic rings. The maximum Gasteiger partial charge on any atom is 0.336 e. The van der Waals surface area contributed by atoms with Gasteiger partial charge in [0.15, 0.2) is 0 Å². The number of aromatic nitrogens is 4. The van der Waals surface area contributed by atoms with Gasteiger partial charge in [0.2, 0.25) is 5.16 Å². The molecule has 6 nitrogen and oxygen atoms in total. The van der Waals surface area contributed by atoms with Crippen molar-refractivity contribution >= 4 is 34.3 Å². The predicted molar refractivity (Wildman–Crippen MR) is 102 cm³/mol. The van der Waals surface area contributed by atoms with E-state index in [0.717, 1.165) is 40.9 Å². The highest BCUT2D eigenvalue weighted by Gasteiger charge is 2.22. The maximum atomic E-state index is 12.0. The van der Waals surface area contributed by atoms with Gasteiger partial charge in [-0.15, -0.1) is 5.10 Å². The van der Waals surface area contributed by atoms with Crippen molar-refractivity contribution < 1.29 is 4.42 Å². The van der Waals surface area contributed by atoms with Crippen LogP contribution < -0.4 is 5.63 Å². The summed E-state index contributed by atoms with van der Waals surface area (Å²) < 4.78 is 7.30. The number of fused-ring (bicyclic) bond motifs is 1. The lowest BCUT2D eigenvalue weighted by Gasteiger charge is -2.11. The van der Waals surface area contributed by atoms with E-state index in [1.54, 1.807) is 0 Å². The van der Waals surface area contributed by atoms with Crippen LogP contribution >= 0.6 is 23.4 Å². The first-order valence-electron chi connectivity index (χ1n) is 8.81. The minimum atomic E-state index is -0.354. The number of nitrogens with zero attached hydrogens (tertiary/aromatic N) is 4. The van der Waals surface area contributed by atoms with Crippen LogP contribution in [0.3, 0.4) is 0 Å². The molecule has 0 radical (unpaired) electrons. The second-order valence-electron chi connectivity index (χ2n) is 6.52. The van der Waals surface area contributed by atoms with E-state index in [9.17, 15) is 4.79 Å². The lowest BCUT2D eigenvalue weighted by Crippen LogP contribution is -2.08. The van der Waals surface area contributed by atoms with E-state index in [-0.39, 0.29) is 5.63 Å². The number of halogens is 1. The first-order chi connectivity index (χ1) is 12.7. The smallest absolute Gasteiger partial charge is 0.336 e. The van der Waals surface area contributed by atoms with Gasteiger partial charge in [0, 0.05) is 22.2 Å². The van der Waals surface area contributed by atoms with Crippen molar-refractivity contribution in [3.05, 3.63) is 44.8 Å². The van der Waals surface area contributed by atoms with Crippen LogP contribution in [0.25, 0.3) is 11.0 Å². The van der Waals surface area contributed by atoms with Crippen molar-refractivity contribution in [2.45, 2.75) is 56.0 Å². The fraction of sp³-hybridized carbons (Fsp3) is 0.444. The summed E-state index contributed by atoms with van der Waals surface area (Å²) in [5, 5.41) is 14.5. The lowest BCUT2D eigenvalue weighted by molar-refractivity contribution is 0.423. The fourth-order valence-corrected chi connectivity index (χ4v) is 4.71. The van der Waals surface area contributed by atoms with Crippen LogP contribution in [-0.2, 0) is 12.2 Å². The number of aryl methyl sites for hydroxylation is 1. The van der Waals surface area contributed by atoms with Crippen LogP contribution in [0.4, 0.5) is 0 Å². The molecule has 0 aliphatic heterocycles. The van der Waals surface area contributed by atoms with Gasteiger partial charge in [-0.25, -0.2) is 9.48 Å². The van der Waals surface area contributed by atoms with E-state index >= 15 is 0 Å². The van der Waals surface area contributed by atoms with Crippen molar-refractivity contribution in [3.8, 4) is 0 Å².